The van der Waals surface area contributed by atoms with Gasteiger partial charge >= 0.3 is 5.76 Å². The molecule has 1 N–H and O–H groups in total. The van der Waals surface area contributed by atoms with E-state index in [0.29, 0.717) is 11.1 Å². The van der Waals surface area contributed by atoms with Gasteiger partial charge in [-0.2, -0.15) is 0 Å². The maximum absolute atomic E-state index is 11.0. The smallest absolute Gasteiger partial charge is 0.408 e. The van der Waals surface area contributed by atoms with Gasteiger partial charge in [0.25, 0.3) is 0 Å². The average molecular weight is 232 g/mol. The largest absolute Gasteiger partial charge is 0.417 e. The Morgan fingerprint density at radius 2 is 2.31 bits per heavy atom. The van der Waals surface area contributed by atoms with Crippen molar-refractivity contribution in [3.05, 3.63) is 39.8 Å². The first-order chi connectivity index (χ1) is 7.72. The van der Waals surface area contributed by atoms with Crippen LogP contribution in [0.1, 0.15) is 5.69 Å². The number of fused-ring (bicyclic) bond motifs is 1. The Morgan fingerprint density at radius 1 is 1.44 bits per heavy atom. The van der Waals surface area contributed by atoms with Gasteiger partial charge in [0.1, 0.15) is 5.01 Å². The minimum atomic E-state index is -0.428. The molecule has 16 heavy (non-hydrogen) atoms. The molecule has 5 heteroatoms. The number of oxazole rings is 1. The summed E-state index contributed by atoms with van der Waals surface area (Å²) in [6, 6.07) is 5.55. The molecule has 0 aliphatic heterocycles. The monoisotopic (exact) mass is 232 g/mol. The molecule has 0 amide bonds. The molecule has 0 fully saturated rings. The predicted octanol–water partition coefficient (Wildman–Crippen LogP) is 2.55. The zero-order valence-electron chi connectivity index (χ0n) is 8.48. The van der Waals surface area contributed by atoms with E-state index in [2.05, 4.69) is 9.97 Å². The Labute approximate surface area is 94.6 Å². The summed E-state index contributed by atoms with van der Waals surface area (Å²) >= 11 is 1.58. The third-order valence-corrected chi connectivity index (χ3v) is 3.29. The summed E-state index contributed by atoms with van der Waals surface area (Å²) in [5.41, 5.74) is 3.26. The molecule has 3 aromatic rings. The van der Waals surface area contributed by atoms with Gasteiger partial charge in [-0.1, -0.05) is 0 Å². The number of nitrogens with zero attached hydrogens (tertiary/aromatic N) is 1. The number of H-pyrrole nitrogens is 1. The third-order valence-electron chi connectivity index (χ3n) is 2.28. The molecule has 0 radical (unpaired) electrons. The molecule has 0 unspecified atom stereocenters. The summed E-state index contributed by atoms with van der Waals surface area (Å²) in [5, 5.41) is 2.94. The molecule has 0 aliphatic carbocycles. The van der Waals surface area contributed by atoms with E-state index >= 15 is 0 Å². The van der Waals surface area contributed by atoms with Crippen LogP contribution in [-0.4, -0.2) is 9.97 Å². The zero-order chi connectivity index (χ0) is 11.1. The van der Waals surface area contributed by atoms with E-state index in [4.69, 9.17) is 4.42 Å². The Morgan fingerprint density at radius 3 is 3.06 bits per heavy atom. The first kappa shape index (κ1) is 9.35. The number of aromatic amines is 1. The second-order valence-corrected chi connectivity index (χ2v) is 4.38. The fourth-order valence-corrected chi connectivity index (χ4v) is 2.37. The lowest BCUT2D eigenvalue weighted by molar-refractivity contribution is 0.555. The van der Waals surface area contributed by atoms with E-state index in [9.17, 15) is 4.79 Å². The van der Waals surface area contributed by atoms with Crippen LogP contribution in [-0.2, 0) is 0 Å². The SMILES string of the molecule is Cc1csc(-c2ccc3oc(=O)[nH]c3c2)n1. The lowest BCUT2D eigenvalue weighted by Gasteiger charge is -1.94. The van der Waals surface area contributed by atoms with Crippen LogP contribution in [0.4, 0.5) is 0 Å². The lowest BCUT2D eigenvalue weighted by Crippen LogP contribution is -1.92. The summed E-state index contributed by atoms with van der Waals surface area (Å²) in [4.78, 5) is 18.0. The molecule has 1 aromatic carbocycles. The Bertz CT molecular complexity index is 708. The van der Waals surface area contributed by atoms with E-state index < -0.39 is 5.76 Å². The molecular formula is C11H8N2O2S. The van der Waals surface area contributed by atoms with Gasteiger partial charge in [0, 0.05) is 16.6 Å². The van der Waals surface area contributed by atoms with Gasteiger partial charge in [0.05, 0.1) is 5.52 Å². The molecule has 0 aliphatic rings. The van der Waals surface area contributed by atoms with Gasteiger partial charge in [-0.15, -0.1) is 11.3 Å². The fourth-order valence-electron chi connectivity index (χ4n) is 1.57. The number of rotatable bonds is 1. The predicted molar refractivity (Wildman–Crippen MR) is 62.7 cm³/mol. The highest BCUT2D eigenvalue weighted by molar-refractivity contribution is 7.13. The molecule has 2 aromatic heterocycles. The second kappa shape index (κ2) is 3.31. The molecular weight excluding hydrogens is 224 g/mol. The molecule has 4 nitrogen and oxygen atoms in total. The topological polar surface area (TPSA) is 58.9 Å². The van der Waals surface area contributed by atoms with Crippen LogP contribution >= 0.6 is 11.3 Å². The van der Waals surface area contributed by atoms with Crippen molar-refractivity contribution in [2.45, 2.75) is 6.92 Å². The molecule has 80 valence electrons. The van der Waals surface area contributed by atoms with Crippen molar-refractivity contribution in [2.24, 2.45) is 0 Å². The summed E-state index contributed by atoms with van der Waals surface area (Å²) in [5.74, 6) is -0.428. The number of benzene rings is 1. The van der Waals surface area contributed by atoms with Crippen LogP contribution in [0.3, 0.4) is 0 Å². The highest BCUT2D eigenvalue weighted by atomic mass is 32.1. The third kappa shape index (κ3) is 1.45. The Kier molecular flexibility index (Phi) is 1.94. The van der Waals surface area contributed by atoms with Crippen LogP contribution in [0.2, 0.25) is 0 Å². The summed E-state index contributed by atoms with van der Waals surface area (Å²) in [6.07, 6.45) is 0. The molecule has 0 saturated carbocycles. The molecule has 0 spiro atoms. The first-order valence-electron chi connectivity index (χ1n) is 4.78. The van der Waals surface area contributed by atoms with Crippen LogP contribution in [0, 0.1) is 6.92 Å². The molecule has 0 atom stereocenters. The quantitative estimate of drug-likeness (QED) is 0.701. The number of aromatic nitrogens is 2. The first-order valence-corrected chi connectivity index (χ1v) is 5.66. The van der Waals surface area contributed by atoms with Crippen molar-refractivity contribution in [1.29, 1.82) is 0 Å². The lowest BCUT2D eigenvalue weighted by atomic mass is 10.2. The van der Waals surface area contributed by atoms with Crippen LogP contribution in [0.15, 0.2) is 32.8 Å². The van der Waals surface area contributed by atoms with E-state index in [1.807, 2.05) is 24.4 Å². The number of hydrogen-bond acceptors (Lipinski definition) is 4. The maximum atomic E-state index is 11.0. The van der Waals surface area contributed by atoms with E-state index in [-0.39, 0.29) is 0 Å². The van der Waals surface area contributed by atoms with Crippen molar-refractivity contribution in [3.63, 3.8) is 0 Å². The van der Waals surface area contributed by atoms with Gasteiger partial charge < -0.3 is 4.42 Å². The van der Waals surface area contributed by atoms with Crippen molar-refractivity contribution < 1.29 is 4.42 Å². The van der Waals surface area contributed by atoms with Gasteiger partial charge in [-0.05, 0) is 25.1 Å². The van der Waals surface area contributed by atoms with Crippen molar-refractivity contribution in [3.8, 4) is 10.6 Å². The number of aryl methyl sites for hydroxylation is 1. The van der Waals surface area contributed by atoms with E-state index in [1.54, 1.807) is 17.4 Å². The summed E-state index contributed by atoms with van der Waals surface area (Å²) < 4.78 is 4.94. The molecule has 2 heterocycles. The molecule has 3 rings (SSSR count). The highest BCUT2D eigenvalue weighted by Crippen LogP contribution is 2.25. The molecule has 0 bridgehead atoms. The minimum Gasteiger partial charge on any atom is -0.408 e. The van der Waals surface area contributed by atoms with Gasteiger partial charge in [-0.25, -0.2) is 9.78 Å². The average Bonchev–Trinajstić information content (AvgIpc) is 2.81. The van der Waals surface area contributed by atoms with E-state index in [1.165, 1.54) is 0 Å². The molecule has 0 saturated heterocycles. The van der Waals surface area contributed by atoms with Crippen LogP contribution in [0.5, 0.6) is 0 Å². The highest BCUT2D eigenvalue weighted by Gasteiger charge is 2.06. The van der Waals surface area contributed by atoms with Crippen molar-refractivity contribution in [2.75, 3.05) is 0 Å². The summed E-state index contributed by atoms with van der Waals surface area (Å²) in [6.45, 7) is 1.96. The van der Waals surface area contributed by atoms with Gasteiger partial charge in [-0.3, -0.25) is 4.98 Å². The Balaban J connectivity index is 2.21. The van der Waals surface area contributed by atoms with Crippen molar-refractivity contribution >= 4 is 22.4 Å². The van der Waals surface area contributed by atoms with Gasteiger partial charge in [0.15, 0.2) is 5.58 Å². The summed E-state index contributed by atoms with van der Waals surface area (Å²) in [7, 11) is 0. The van der Waals surface area contributed by atoms with Gasteiger partial charge in [0.2, 0.25) is 0 Å². The Hall–Kier alpha value is -1.88. The number of nitrogens with one attached hydrogen (secondary N) is 1. The number of thiazole rings is 1. The van der Waals surface area contributed by atoms with Crippen molar-refractivity contribution in [1.82, 2.24) is 9.97 Å². The van der Waals surface area contributed by atoms with Crippen LogP contribution in [0.25, 0.3) is 21.7 Å². The normalized spacial score (nSPS) is 11.1. The van der Waals surface area contributed by atoms with E-state index in [0.717, 1.165) is 16.3 Å². The zero-order valence-corrected chi connectivity index (χ0v) is 9.30. The fraction of sp³-hybridized carbons (Fsp3) is 0.0909. The maximum Gasteiger partial charge on any atom is 0.417 e. The standard InChI is InChI=1S/C11H8N2O2S/c1-6-5-16-10(12-6)7-2-3-9-8(4-7)13-11(14)15-9/h2-5H,1H3,(H,13,14). The number of hydrogen-bond donors (Lipinski definition) is 1. The minimum absolute atomic E-state index is 0.428. The second-order valence-electron chi connectivity index (χ2n) is 3.52. The van der Waals surface area contributed by atoms with Crippen LogP contribution < -0.4 is 5.76 Å².